The molecular formula is C52H94O6. The van der Waals surface area contributed by atoms with Crippen molar-refractivity contribution in [2.45, 2.75) is 264 Å². The van der Waals surface area contributed by atoms with Crippen molar-refractivity contribution in [1.29, 1.82) is 0 Å². The van der Waals surface area contributed by atoms with Crippen molar-refractivity contribution in [3.8, 4) is 0 Å². The average Bonchev–Trinajstić information content (AvgIpc) is 3.22. The summed E-state index contributed by atoms with van der Waals surface area (Å²) in [7, 11) is 0. The Morgan fingerprint density at radius 1 is 0.345 bits per heavy atom. The molecule has 0 aliphatic carbocycles. The fourth-order valence-corrected chi connectivity index (χ4v) is 7.05. The van der Waals surface area contributed by atoms with Gasteiger partial charge in [-0.15, -0.1) is 0 Å². The highest BCUT2D eigenvalue weighted by atomic mass is 16.6. The van der Waals surface area contributed by atoms with E-state index in [0.29, 0.717) is 19.3 Å². The van der Waals surface area contributed by atoms with Crippen molar-refractivity contribution in [1.82, 2.24) is 0 Å². The van der Waals surface area contributed by atoms with Gasteiger partial charge < -0.3 is 14.2 Å². The van der Waals surface area contributed by atoms with Crippen LogP contribution >= 0.6 is 0 Å². The molecule has 0 radical (unpaired) electrons. The van der Waals surface area contributed by atoms with Crippen molar-refractivity contribution < 1.29 is 28.6 Å². The van der Waals surface area contributed by atoms with E-state index in [4.69, 9.17) is 14.2 Å². The Morgan fingerprint density at radius 3 is 1.02 bits per heavy atom. The SMILES string of the molecule is CCCCC/C=C\C/C=C\CCCCCCCC(=O)OC[C@H](COC(=O)CCCCCCC/C=C\CCCCCC)OC(=O)CCCCCCCCCCCCCC. The molecule has 6 heteroatoms. The highest BCUT2D eigenvalue weighted by molar-refractivity contribution is 5.71. The summed E-state index contributed by atoms with van der Waals surface area (Å²) in [4.78, 5) is 37.9. The van der Waals surface area contributed by atoms with Gasteiger partial charge in [0.2, 0.25) is 0 Å². The average molecular weight is 815 g/mol. The Hall–Kier alpha value is -2.37. The quantitative estimate of drug-likeness (QED) is 0.0264. The smallest absolute Gasteiger partial charge is 0.306 e. The van der Waals surface area contributed by atoms with E-state index >= 15 is 0 Å². The zero-order chi connectivity index (χ0) is 42.3. The van der Waals surface area contributed by atoms with Crippen LogP contribution in [0.25, 0.3) is 0 Å². The Balaban J connectivity index is 4.38. The number of rotatable bonds is 45. The van der Waals surface area contributed by atoms with Gasteiger partial charge in [-0.1, -0.05) is 198 Å². The molecule has 0 saturated carbocycles. The third-order valence-electron chi connectivity index (χ3n) is 10.9. The topological polar surface area (TPSA) is 78.9 Å². The van der Waals surface area contributed by atoms with E-state index in [0.717, 1.165) is 83.5 Å². The molecule has 0 aliphatic heterocycles. The molecule has 1 atom stereocenters. The van der Waals surface area contributed by atoms with E-state index in [1.165, 1.54) is 135 Å². The Bertz CT molecular complexity index is 984. The van der Waals surface area contributed by atoms with Crippen LogP contribution in [0.5, 0.6) is 0 Å². The molecule has 0 N–H and O–H groups in total. The molecule has 58 heavy (non-hydrogen) atoms. The van der Waals surface area contributed by atoms with Gasteiger partial charge in [-0.2, -0.15) is 0 Å². The third kappa shape index (κ3) is 44.7. The summed E-state index contributed by atoms with van der Waals surface area (Å²) in [5.74, 6) is -0.893. The molecule has 0 unspecified atom stereocenters. The van der Waals surface area contributed by atoms with E-state index in [9.17, 15) is 14.4 Å². The predicted molar refractivity (Wildman–Crippen MR) is 247 cm³/mol. The second kappa shape index (κ2) is 47.3. The number of carbonyl (C=O) groups is 3. The molecule has 6 nitrogen and oxygen atoms in total. The van der Waals surface area contributed by atoms with Crippen LogP contribution in [0.2, 0.25) is 0 Å². The van der Waals surface area contributed by atoms with Gasteiger partial charge in [0.15, 0.2) is 6.10 Å². The van der Waals surface area contributed by atoms with E-state index in [-0.39, 0.29) is 31.1 Å². The van der Waals surface area contributed by atoms with E-state index in [1.807, 2.05) is 0 Å². The summed E-state index contributed by atoms with van der Waals surface area (Å²) >= 11 is 0. The second-order valence-electron chi connectivity index (χ2n) is 16.7. The highest BCUT2D eigenvalue weighted by Gasteiger charge is 2.19. The molecule has 0 spiro atoms. The summed E-state index contributed by atoms with van der Waals surface area (Å²) in [6.07, 6.45) is 54.0. The fourth-order valence-electron chi connectivity index (χ4n) is 7.05. The van der Waals surface area contributed by atoms with Crippen LogP contribution in [-0.2, 0) is 28.6 Å². The third-order valence-corrected chi connectivity index (χ3v) is 10.9. The van der Waals surface area contributed by atoms with Gasteiger partial charge in [-0.25, -0.2) is 0 Å². The van der Waals surface area contributed by atoms with Crippen molar-refractivity contribution in [3.63, 3.8) is 0 Å². The number of esters is 3. The lowest BCUT2D eigenvalue weighted by Crippen LogP contribution is -2.30. The molecule has 0 bridgehead atoms. The zero-order valence-corrected chi connectivity index (χ0v) is 38.6. The normalized spacial score (nSPS) is 12.3. The molecule has 338 valence electrons. The summed E-state index contributed by atoms with van der Waals surface area (Å²) in [6.45, 7) is 6.58. The summed E-state index contributed by atoms with van der Waals surface area (Å²) in [5, 5.41) is 0. The Labute approximate surface area is 359 Å². The first-order valence-electron chi connectivity index (χ1n) is 25.0. The van der Waals surface area contributed by atoms with Gasteiger partial charge in [-0.05, 0) is 77.0 Å². The van der Waals surface area contributed by atoms with Gasteiger partial charge in [0, 0.05) is 19.3 Å². The second-order valence-corrected chi connectivity index (χ2v) is 16.7. The molecule has 0 saturated heterocycles. The van der Waals surface area contributed by atoms with Crippen LogP contribution in [0, 0.1) is 0 Å². The minimum atomic E-state index is -0.776. The van der Waals surface area contributed by atoms with Crippen molar-refractivity contribution >= 4 is 17.9 Å². The number of unbranched alkanes of at least 4 members (excludes halogenated alkanes) is 28. The first-order valence-corrected chi connectivity index (χ1v) is 25.0. The van der Waals surface area contributed by atoms with E-state index in [2.05, 4.69) is 57.2 Å². The van der Waals surface area contributed by atoms with Crippen molar-refractivity contribution in [2.24, 2.45) is 0 Å². The van der Waals surface area contributed by atoms with Crippen LogP contribution in [0.4, 0.5) is 0 Å². The number of hydrogen-bond donors (Lipinski definition) is 0. The van der Waals surface area contributed by atoms with Gasteiger partial charge in [-0.3, -0.25) is 14.4 Å². The standard InChI is InChI=1S/C52H94O6/c1-4-7-10-13-16-19-22-25-26-28-31-33-36-39-42-45-51(54)57-48-49(58-52(55)46-43-40-37-34-29-24-21-18-15-12-9-6-3)47-56-50(53)44-41-38-35-32-30-27-23-20-17-14-11-8-5-2/h16,19-20,23,25-26,49H,4-15,17-18,21-22,24,27-48H2,1-3H3/b19-16-,23-20-,26-25-/t49-/m0/s1. The highest BCUT2D eigenvalue weighted by Crippen LogP contribution is 2.15. The minimum absolute atomic E-state index is 0.0786. The zero-order valence-electron chi connectivity index (χ0n) is 38.6. The Kier molecular flexibility index (Phi) is 45.4. The van der Waals surface area contributed by atoms with Crippen LogP contribution < -0.4 is 0 Å². The maximum atomic E-state index is 12.7. The molecular weight excluding hydrogens is 721 g/mol. The summed E-state index contributed by atoms with van der Waals surface area (Å²) < 4.78 is 16.8. The largest absolute Gasteiger partial charge is 0.462 e. The van der Waals surface area contributed by atoms with Crippen LogP contribution in [0.3, 0.4) is 0 Å². The van der Waals surface area contributed by atoms with Gasteiger partial charge in [0.25, 0.3) is 0 Å². The first kappa shape index (κ1) is 55.6. The minimum Gasteiger partial charge on any atom is -0.462 e. The number of allylic oxidation sites excluding steroid dienone is 6. The first-order chi connectivity index (χ1) is 28.5. The molecule has 0 heterocycles. The Morgan fingerprint density at radius 2 is 0.621 bits per heavy atom. The summed E-state index contributed by atoms with van der Waals surface area (Å²) in [6, 6.07) is 0. The van der Waals surface area contributed by atoms with Crippen molar-refractivity contribution in [2.75, 3.05) is 13.2 Å². The van der Waals surface area contributed by atoms with E-state index in [1.54, 1.807) is 0 Å². The van der Waals surface area contributed by atoms with Crippen LogP contribution in [-0.4, -0.2) is 37.2 Å². The molecule has 0 rings (SSSR count). The van der Waals surface area contributed by atoms with Crippen molar-refractivity contribution in [3.05, 3.63) is 36.5 Å². The van der Waals surface area contributed by atoms with Crippen LogP contribution in [0.15, 0.2) is 36.5 Å². The molecule has 0 aromatic carbocycles. The van der Waals surface area contributed by atoms with Gasteiger partial charge >= 0.3 is 17.9 Å². The fraction of sp³-hybridized carbons (Fsp3) is 0.827. The van der Waals surface area contributed by atoms with E-state index < -0.39 is 6.10 Å². The molecule has 0 aromatic rings. The van der Waals surface area contributed by atoms with Crippen LogP contribution in [0.1, 0.15) is 258 Å². The maximum Gasteiger partial charge on any atom is 0.306 e. The summed E-state index contributed by atoms with van der Waals surface area (Å²) in [5.41, 5.74) is 0. The number of ether oxygens (including phenoxy) is 3. The molecule has 0 amide bonds. The maximum absolute atomic E-state index is 12.7. The lowest BCUT2D eigenvalue weighted by molar-refractivity contribution is -0.167. The van der Waals surface area contributed by atoms with Gasteiger partial charge in [0.1, 0.15) is 13.2 Å². The monoisotopic (exact) mass is 815 g/mol. The predicted octanol–water partition coefficient (Wildman–Crippen LogP) is 16.1. The molecule has 0 fully saturated rings. The molecule has 0 aromatic heterocycles. The lowest BCUT2D eigenvalue weighted by Gasteiger charge is -2.18. The number of hydrogen-bond acceptors (Lipinski definition) is 6. The lowest BCUT2D eigenvalue weighted by atomic mass is 10.0. The molecule has 0 aliphatic rings. The van der Waals surface area contributed by atoms with Gasteiger partial charge in [0.05, 0.1) is 0 Å². The number of carbonyl (C=O) groups excluding carboxylic acids is 3.